The molecule has 0 aliphatic heterocycles. The van der Waals surface area contributed by atoms with Crippen molar-refractivity contribution < 1.29 is 13.6 Å². The first-order chi connectivity index (χ1) is 13.6. The highest BCUT2D eigenvalue weighted by Crippen LogP contribution is 2.19. The minimum absolute atomic E-state index is 0.179. The van der Waals surface area contributed by atoms with E-state index in [1.165, 1.54) is 12.1 Å². The van der Waals surface area contributed by atoms with Crippen molar-refractivity contribution in [3.05, 3.63) is 89.0 Å². The summed E-state index contributed by atoms with van der Waals surface area (Å²) in [5.41, 5.74) is 0.721. The molecule has 7 nitrogen and oxygen atoms in total. The third kappa shape index (κ3) is 4.12. The molecule has 0 bridgehead atoms. The molecule has 28 heavy (non-hydrogen) atoms. The molecule has 0 aliphatic rings. The lowest BCUT2D eigenvalue weighted by atomic mass is 10.2. The Hall–Kier alpha value is -3.39. The lowest BCUT2D eigenvalue weighted by molar-refractivity contribution is 0.0994. The second-order valence-electron chi connectivity index (χ2n) is 6.06. The van der Waals surface area contributed by atoms with Crippen LogP contribution in [-0.4, -0.2) is 25.5 Å². The van der Waals surface area contributed by atoms with E-state index in [0.29, 0.717) is 29.7 Å². The monoisotopic (exact) mass is 399 g/mol. The number of nitrogens with zero attached hydrogens (tertiary/aromatic N) is 4. The summed E-state index contributed by atoms with van der Waals surface area (Å²) in [5.74, 6) is 0.362. The minimum Gasteiger partial charge on any atom is -0.454 e. The standard InChI is InChI=1S/C19H15ClFN5O2/c20-16-10-14(21)3-2-13(16)11-26-9-6-18(24-26)23-19(27)17-5-4-15(28-17)12-25-8-1-7-22-25/h1-10H,11-12H2,(H,23,24,27). The Morgan fingerprint density at radius 3 is 2.82 bits per heavy atom. The highest BCUT2D eigenvalue weighted by Gasteiger charge is 2.13. The molecule has 0 atom stereocenters. The maximum absolute atomic E-state index is 13.1. The number of nitrogens with one attached hydrogen (secondary N) is 1. The second-order valence-corrected chi connectivity index (χ2v) is 6.47. The fourth-order valence-electron chi connectivity index (χ4n) is 2.66. The van der Waals surface area contributed by atoms with Gasteiger partial charge in [0.25, 0.3) is 5.91 Å². The van der Waals surface area contributed by atoms with Crippen molar-refractivity contribution in [2.75, 3.05) is 5.32 Å². The summed E-state index contributed by atoms with van der Waals surface area (Å²) in [7, 11) is 0. The van der Waals surface area contributed by atoms with Crippen LogP contribution in [0.15, 0.2) is 65.5 Å². The van der Waals surface area contributed by atoms with Crippen LogP contribution < -0.4 is 5.32 Å². The molecule has 1 amide bonds. The second kappa shape index (κ2) is 7.69. The van der Waals surface area contributed by atoms with E-state index >= 15 is 0 Å². The number of carbonyl (C=O) groups excluding carboxylic acids is 1. The molecule has 1 aromatic carbocycles. The third-order valence-electron chi connectivity index (χ3n) is 3.99. The molecule has 1 N–H and O–H groups in total. The predicted molar refractivity (Wildman–Crippen MR) is 101 cm³/mol. The maximum atomic E-state index is 13.1. The normalized spacial score (nSPS) is 10.9. The average Bonchev–Trinajstić information content (AvgIpc) is 3.40. The first-order valence-electron chi connectivity index (χ1n) is 8.42. The van der Waals surface area contributed by atoms with Gasteiger partial charge in [-0.05, 0) is 35.9 Å². The number of amides is 1. The van der Waals surface area contributed by atoms with Crippen molar-refractivity contribution in [2.24, 2.45) is 0 Å². The third-order valence-corrected chi connectivity index (χ3v) is 4.34. The fraction of sp³-hybridized carbons (Fsp3) is 0.105. The Balaban J connectivity index is 1.39. The first kappa shape index (κ1) is 18.0. The lowest BCUT2D eigenvalue weighted by Gasteiger charge is -2.05. The molecule has 0 fully saturated rings. The molecule has 0 radical (unpaired) electrons. The number of halogens is 2. The Kier molecular flexibility index (Phi) is 4.94. The molecule has 9 heteroatoms. The van der Waals surface area contributed by atoms with Crippen molar-refractivity contribution >= 4 is 23.3 Å². The zero-order valence-electron chi connectivity index (χ0n) is 14.5. The SMILES string of the molecule is O=C(Nc1ccn(Cc2ccc(F)cc2Cl)n1)c1ccc(Cn2cccn2)o1. The van der Waals surface area contributed by atoms with Crippen molar-refractivity contribution in [1.82, 2.24) is 19.6 Å². The molecule has 0 saturated carbocycles. The molecule has 4 aromatic rings. The van der Waals surface area contributed by atoms with E-state index in [2.05, 4.69) is 15.5 Å². The topological polar surface area (TPSA) is 77.9 Å². The van der Waals surface area contributed by atoms with Gasteiger partial charge in [0.05, 0.1) is 13.1 Å². The minimum atomic E-state index is -0.406. The van der Waals surface area contributed by atoms with Crippen LogP contribution in [0.4, 0.5) is 10.2 Å². The Morgan fingerprint density at radius 1 is 1.14 bits per heavy atom. The Morgan fingerprint density at radius 2 is 2.04 bits per heavy atom. The van der Waals surface area contributed by atoms with Crippen LogP contribution in [0.25, 0.3) is 0 Å². The van der Waals surface area contributed by atoms with Gasteiger partial charge < -0.3 is 9.73 Å². The van der Waals surface area contributed by atoms with Crippen LogP contribution >= 0.6 is 11.6 Å². The van der Waals surface area contributed by atoms with Gasteiger partial charge in [0.15, 0.2) is 11.6 Å². The van der Waals surface area contributed by atoms with E-state index in [1.807, 2.05) is 12.3 Å². The largest absolute Gasteiger partial charge is 0.454 e. The Labute approximate surface area is 164 Å². The van der Waals surface area contributed by atoms with Crippen molar-refractivity contribution in [3.8, 4) is 0 Å². The van der Waals surface area contributed by atoms with Crippen LogP contribution in [0.1, 0.15) is 21.9 Å². The van der Waals surface area contributed by atoms with E-state index in [4.69, 9.17) is 16.0 Å². The van der Waals surface area contributed by atoms with E-state index in [-0.39, 0.29) is 5.76 Å². The van der Waals surface area contributed by atoms with Crippen LogP contribution in [0, 0.1) is 5.82 Å². The molecule has 0 aliphatic carbocycles. The van der Waals surface area contributed by atoms with Gasteiger partial charge in [-0.25, -0.2) is 4.39 Å². The molecule has 4 rings (SSSR count). The summed E-state index contributed by atoms with van der Waals surface area (Å²) in [6.45, 7) is 0.789. The Bertz CT molecular complexity index is 1100. The van der Waals surface area contributed by atoms with E-state index in [9.17, 15) is 9.18 Å². The number of anilines is 1. The highest BCUT2D eigenvalue weighted by molar-refractivity contribution is 6.31. The average molecular weight is 400 g/mol. The number of furan rings is 1. The van der Waals surface area contributed by atoms with E-state index < -0.39 is 11.7 Å². The molecule has 142 valence electrons. The van der Waals surface area contributed by atoms with Crippen LogP contribution in [0.2, 0.25) is 5.02 Å². The number of hydrogen-bond acceptors (Lipinski definition) is 4. The summed E-state index contributed by atoms with van der Waals surface area (Å²) in [4.78, 5) is 12.3. The summed E-state index contributed by atoms with van der Waals surface area (Å²) in [5, 5.41) is 11.4. The van der Waals surface area contributed by atoms with Gasteiger partial charge in [-0.3, -0.25) is 14.2 Å². The predicted octanol–water partition coefficient (Wildman–Crippen LogP) is 3.81. The van der Waals surface area contributed by atoms with Gasteiger partial charge in [-0.2, -0.15) is 10.2 Å². The molecule has 0 saturated heterocycles. The van der Waals surface area contributed by atoms with Crippen molar-refractivity contribution in [3.63, 3.8) is 0 Å². The number of hydrogen-bond donors (Lipinski definition) is 1. The van der Waals surface area contributed by atoms with E-state index in [1.54, 1.807) is 46.0 Å². The number of aromatic nitrogens is 4. The van der Waals surface area contributed by atoms with Gasteiger partial charge >= 0.3 is 0 Å². The molecule has 3 heterocycles. The molecular formula is C19H15ClFN5O2. The zero-order chi connectivity index (χ0) is 19.5. The molecule has 0 unspecified atom stereocenters. The smallest absolute Gasteiger partial charge is 0.292 e. The summed E-state index contributed by atoms with van der Waals surface area (Å²) in [6, 6.07) is 11.0. The number of rotatable bonds is 6. The van der Waals surface area contributed by atoms with Crippen molar-refractivity contribution in [1.29, 1.82) is 0 Å². The zero-order valence-corrected chi connectivity index (χ0v) is 15.3. The summed E-state index contributed by atoms with van der Waals surface area (Å²) >= 11 is 6.03. The maximum Gasteiger partial charge on any atom is 0.292 e. The lowest BCUT2D eigenvalue weighted by Crippen LogP contribution is -2.12. The summed E-state index contributed by atoms with van der Waals surface area (Å²) < 4.78 is 22.0. The van der Waals surface area contributed by atoms with Gasteiger partial charge in [-0.15, -0.1) is 0 Å². The summed E-state index contributed by atoms with van der Waals surface area (Å²) in [6.07, 6.45) is 5.18. The first-order valence-corrected chi connectivity index (χ1v) is 8.79. The molecular weight excluding hydrogens is 385 g/mol. The quantitative estimate of drug-likeness (QED) is 0.534. The van der Waals surface area contributed by atoms with Crippen LogP contribution in [-0.2, 0) is 13.1 Å². The van der Waals surface area contributed by atoms with Crippen LogP contribution in [0.3, 0.4) is 0 Å². The highest BCUT2D eigenvalue weighted by atomic mass is 35.5. The number of benzene rings is 1. The van der Waals surface area contributed by atoms with Gasteiger partial charge in [-0.1, -0.05) is 17.7 Å². The van der Waals surface area contributed by atoms with Crippen molar-refractivity contribution in [2.45, 2.75) is 13.1 Å². The molecule has 0 spiro atoms. The fourth-order valence-corrected chi connectivity index (χ4v) is 2.88. The van der Waals surface area contributed by atoms with Gasteiger partial charge in [0.1, 0.15) is 11.6 Å². The number of carbonyl (C=O) groups is 1. The molecule has 3 aromatic heterocycles. The van der Waals surface area contributed by atoms with Crippen LogP contribution in [0.5, 0.6) is 0 Å². The van der Waals surface area contributed by atoms with Gasteiger partial charge in [0, 0.05) is 29.7 Å². The van der Waals surface area contributed by atoms with Gasteiger partial charge in [0.2, 0.25) is 0 Å². The van der Waals surface area contributed by atoms with E-state index in [0.717, 1.165) is 5.56 Å².